The SMILES string of the molecule is Cc1ccc(S(=O)(=O)NCCC(=O)N2CCCC(CN(C(=O)OC(C)(C)C)C(C)C)C2)c(C)c1. The fraction of sp³-hybridized carbons (Fsp3) is 0.680. The van der Waals surface area contributed by atoms with E-state index in [1.165, 1.54) is 0 Å². The lowest BCUT2D eigenvalue weighted by molar-refractivity contribution is -0.132. The van der Waals surface area contributed by atoms with Crippen LogP contribution in [0.25, 0.3) is 0 Å². The van der Waals surface area contributed by atoms with E-state index in [-0.39, 0.29) is 41.8 Å². The van der Waals surface area contributed by atoms with Crippen LogP contribution in [0.1, 0.15) is 65.0 Å². The number of benzene rings is 1. The van der Waals surface area contributed by atoms with Gasteiger partial charge in [0.05, 0.1) is 4.90 Å². The Hall–Kier alpha value is -2.13. The van der Waals surface area contributed by atoms with Gasteiger partial charge in [0.2, 0.25) is 15.9 Å². The number of hydrogen-bond donors (Lipinski definition) is 1. The van der Waals surface area contributed by atoms with E-state index in [2.05, 4.69) is 4.72 Å². The van der Waals surface area contributed by atoms with Gasteiger partial charge in [-0.1, -0.05) is 17.7 Å². The van der Waals surface area contributed by atoms with Crippen LogP contribution < -0.4 is 4.72 Å². The Balaban J connectivity index is 1.91. The smallest absolute Gasteiger partial charge is 0.410 e. The van der Waals surface area contributed by atoms with Crippen LogP contribution >= 0.6 is 0 Å². The Bertz CT molecular complexity index is 969. The van der Waals surface area contributed by atoms with Gasteiger partial charge in [0, 0.05) is 38.6 Å². The molecule has 0 bridgehead atoms. The van der Waals surface area contributed by atoms with E-state index < -0.39 is 15.6 Å². The summed E-state index contributed by atoms with van der Waals surface area (Å²) in [4.78, 5) is 29.2. The van der Waals surface area contributed by atoms with Crippen molar-refractivity contribution in [2.75, 3.05) is 26.2 Å². The van der Waals surface area contributed by atoms with Gasteiger partial charge in [-0.3, -0.25) is 4.79 Å². The van der Waals surface area contributed by atoms with Crippen LogP contribution in [0.15, 0.2) is 23.1 Å². The maximum absolute atomic E-state index is 12.8. The number of piperidine rings is 1. The maximum Gasteiger partial charge on any atom is 0.410 e. The first-order valence-electron chi connectivity index (χ1n) is 12.0. The number of nitrogens with zero attached hydrogens (tertiary/aromatic N) is 2. The Morgan fingerprint density at radius 1 is 1.24 bits per heavy atom. The van der Waals surface area contributed by atoms with Gasteiger partial charge < -0.3 is 14.5 Å². The second-order valence-corrected chi connectivity index (χ2v) is 12.2. The molecule has 1 fully saturated rings. The molecular weight excluding hydrogens is 454 g/mol. The molecule has 0 aromatic heterocycles. The van der Waals surface area contributed by atoms with Crippen molar-refractivity contribution in [1.29, 1.82) is 0 Å². The molecule has 0 spiro atoms. The summed E-state index contributed by atoms with van der Waals surface area (Å²) < 4.78 is 33.4. The molecule has 2 amide bonds. The molecule has 1 aromatic carbocycles. The zero-order chi connectivity index (χ0) is 25.7. The summed E-state index contributed by atoms with van der Waals surface area (Å²) in [5.74, 6) is 0.0703. The minimum absolute atomic E-state index is 0.0134. The summed E-state index contributed by atoms with van der Waals surface area (Å²) in [5.41, 5.74) is 1.11. The lowest BCUT2D eigenvalue weighted by atomic mass is 9.96. The topological polar surface area (TPSA) is 96.0 Å². The van der Waals surface area contributed by atoms with Gasteiger partial charge in [-0.2, -0.15) is 0 Å². The van der Waals surface area contributed by atoms with Crippen molar-refractivity contribution in [1.82, 2.24) is 14.5 Å². The fourth-order valence-electron chi connectivity index (χ4n) is 4.16. The van der Waals surface area contributed by atoms with Crippen LogP contribution in [-0.4, -0.2) is 68.0 Å². The zero-order valence-corrected chi connectivity index (χ0v) is 22.5. The van der Waals surface area contributed by atoms with Crippen molar-refractivity contribution < 1.29 is 22.7 Å². The van der Waals surface area contributed by atoms with Gasteiger partial charge in [-0.25, -0.2) is 17.9 Å². The molecule has 1 aromatic rings. The van der Waals surface area contributed by atoms with Gasteiger partial charge in [-0.15, -0.1) is 0 Å². The molecule has 1 aliphatic rings. The molecule has 1 saturated heterocycles. The third kappa shape index (κ3) is 8.27. The highest BCUT2D eigenvalue weighted by Crippen LogP contribution is 2.21. The van der Waals surface area contributed by atoms with Gasteiger partial charge in [-0.05, 0) is 78.9 Å². The predicted octanol–water partition coefficient (Wildman–Crippen LogP) is 3.86. The molecule has 8 nitrogen and oxygen atoms in total. The van der Waals surface area contributed by atoms with E-state index in [4.69, 9.17) is 4.74 Å². The van der Waals surface area contributed by atoms with Gasteiger partial charge in [0.15, 0.2) is 0 Å². The molecule has 34 heavy (non-hydrogen) atoms. The first-order chi connectivity index (χ1) is 15.7. The summed E-state index contributed by atoms with van der Waals surface area (Å²) in [7, 11) is -3.67. The summed E-state index contributed by atoms with van der Waals surface area (Å²) in [6.07, 6.45) is 1.53. The fourth-order valence-corrected chi connectivity index (χ4v) is 5.42. The van der Waals surface area contributed by atoms with Crippen LogP contribution in [0.3, 0.4) is 0 Å². The summed E-state index contributed by atoms with van der Waals surface area (Å²) in [6, 6.07) is 5.17. The number of ether oxygens (including phenoxy) is 1. The summed E-state index contributed by atoms with van der Waals surface area (Å²) >= 11 is 0. The Morgan fingerprint density at radius 2 is 1.91 bits per heavy atom. The third-order valence-corrected chi connectivity index (χ3v) is 7.45. The number of aryl methyl sites for hydroxylation is 2. The molecule has 0 saturated carbocycles. The maximum atomic E-state index is 12.8. The number of nitrogens with one attached hydrogen (secondary N) is 1. The minimum Gasteiger partial charge on any atom is -0.444 e. The van der Waals surface area contributed by atoms with E-state index in [0.29, 0.717) is 25.2 Å². The largest absolute Gasteiger partial charge is 0.444 e. The Morgan fingerprint density at radius 3 is 2.50 bits per heavy atom. The molecule has 0 aliphatic carbocycles. The monoisotopic (exact) mass is 495 g/mol. The average Bonchev–Trinajstić information content (AvgIpc) is 2.70. The molecule has 1 N–H and O–H groups in total. The van der Waals surface area contributed by atoms with E-state index >= 15 is 0 Å². The van der Waals surface area contributed by atoms with Crippen LogP contribution in [-0.2, 0) is 19.6 Å². The van der Waals surface area contributed by atoms with Gasteiger partial charge in [0.25, 0.3) is 0 Å². The molecule has 1 aliphatic heterocycles. The van der Waals surface area contributed by atoms with Crippen molar-refractivity contribution in [2.45, 2.75) is 84.3 Å². The number of sulfonamides is 1. The highest BCUT2D eigenvalue weighted by atomic mass is 32.2. The Labute approximate surface area is 205 Å². The molecule has 9 heteroatoms. The number of carbonyl (C=O) groups excluding carboxylic acids is 2. The second kappa shape index (κ2) is 11.5. The first-order valence-corrected chi connectivity index (χ1v) is 13.5. The van der Waals surface area contributed by atoms with Crippen molar-refractivity contribution in [3.63, 3.8) is 0 Å². The molecule has 2 rings (SSSR count). The van der Waals surface area contributed by atoms with Crippen molar-refractivity contribution in [3.8, 4) is 0 Å². The third-order valence-electron chi connectivity index (χ3n) is 5.83. The second-order valence-electron chi connectivity index (χ2n) is 10.5. The molecule has 1 unspecified atom stereocenters. The molecule has 1 heterocycles. The first kappa shape index (κ1) is 28.1. The standard InChI is InChI=1S/C25H41N3O5S/c1-18(2)28(24(30)33-25(5,6)7)17-21-9-8-14-27(16-21)23(29)12-13-26-34(31,32)22-11-10-19(3)15-20(22)4/h10-11,15,18,21,26H,8-9,12-14,16-17H2,1-7H3. The van der Waals surface area contributed by atoms with E-state index in [9.17, 15) is 18.0 Å². The average molecular weight is 496 g/mol. The molecule has 0 radical (unpaired) electrons. The molecule has 192 valence electrons. The van der Waals surface area contributed by atoms with Crippen LogP contribution in [0.2, 0.25) is 0 Å². The normalized spacial score (nSPS) is 17.1. The highest BCUT2D eigenvalue weighted by Gasteiger charge is 2.30. The lowest BCUT2D eigenvalue weighted by Crippen LogP contribution is -2.48. The minimum atomic E-state index is -3.67. The molecule has 1 atom stereocenters. The van der Waals surface area contributed by atoms with Gasteiger partial charge >= 0.3 is 6.09 Å². The van der Waals surface area contributed by atoms with Gasteiger partial charge in [0.1, 0.15) is 5.60 Å². The van der Waals surface area contributed by atoms with E-state index in [1.807, 2.05) is 47.6 Å². The number of hydrogen-bond acceptors (Lipinski definition) is 5. The summed E-state index contributed by atoms with van der Waals surface area (Å²) in [5, 5.41) is 0. The number of carbonyl (C=O) groups is 2. The quantitative estimate of drug-likeness (QED) is 0.591. The lowest BCUT2D eigenvalue weighted by Gasteiger charge is -2.37. The Kier molecular flexibility index (Phi) is 9.53. The highest BCUT2D eigenvalue weighted by molar-refractivity contribution is 7.89. The van der Waals surface area contributed by atoms with Crippen LogP contribution in [0, 0.1) is 19.8 Å². The number of amides is 2. The molecular formula is C25H41N3O5S. The van der Waals surface area contributed by atoms with Crippen LogP contribution in [0.5, 0.6) is 0 Å². The summed E-state index contributed by atoms with van der Waals surface area (Å²) in [6.45, 7) is 14.9. The van der Waals surface area contributed by atoms with E-state index in [1.54, 1.807) is 28.9 Å². The number of rotatable bonds is 8. The van der Waals surface area contributed by atoms with Crippen molar-refractivity contribution in [2.24, 2.45) is 5.92 Å². The number of likely N-dealkylation sites (tertiary alicyclic amines) is 1. The van der Waals surface area contributed by atoms with Crippen molar-refractivity contribution >= 4 is 22.0 Å². The zero-order valence-electron chi connectivity index (χ0n) is 21.7. The van der Waals surface area contributed by atoms with Crippen LogP contribution in [0.4, 0.5) is 4.79 Å². The van der Waals surface area contributed by atoms with Crippen molar-refractivity contribution in [3.05, 3.63) is 29.3 Å². The predicted molar refractivity (Wildman–Crippen MR) is 133 cm³/mol. The van der Waals surface area contributed by atoms with E-state index in [0.717, 1.165) is 18.4 Å².